The predicted molar refractivity (Wildman–Crippen MR) is 116 cm³/mol. The third kappa shape index (κ3) is 5.61. The second-order valence-corrected chi connectivity index (χ2v) is 6.54. The fourth-order valence-electron chi connectivity index (χ4n) is 2.74. The average Bonchev–Trinajstić information content (AvgIpc) is 2.79. The van der Waals surface area contributed by atoms with E-state index >= 15 is 0 Å². The smallest absolute Gasteiger partial charge is 0.294 e. The van der Waals surface area contributed by atoms with Gasteiger partial charge in [0.2, 0.25) is 0 Å². The van der Waals surface area contributed by atoms with Crippen LogP contribution in [0.25, 0.3) is 0 Å². The SMILES string of the molecule is COCCNC(=O)c1cccc(Nc2c(Oc3ccc(OC)cc3)cnn(C)c2=O)c1. The number of aryl methyl sites for hydroxylation is 1. The molecule has 2 aromatic carbocycles. The van der Waals surface area contributed by atoms with Gasteiger partial charge in [0.15, 0.2) is 11.4 Å². The van der Waals surface area contributed by atoms with E-state index in [1.54, 1.807) is 69.8 Å². The number of nitrogens with zero attached hydrogens (tertiary/aromatic N) is 2. The lowest BCUT2D eigenvalue weighted by Gasteiger charge is -2.14. The number of carbonyl (C=O) groups excluding carboxylic acids is 1. The second kappa shape index (κ2) is 10.3. The Morgan fingerprint density at radius 2 is 1.84 bits per heavy atom. The van der Waals surface area contributed by atoms with E-state index in [1.807, 2.05) is 0 Å². The van der Waals surface area contributed by atoms with Gasteiger partial charge >= 0.3 is 0 Å². The molecule has 0 saturated carbocycles. The summed E-state index contributed by atoms with van der Waals surface area (Å²) >= 11 is 0. The van der Waals surface area contributed by atoms with E-state index in [2.05, 4.69) is 15.7 Å². The summed E-state index contributed by atoms with van der Waals surface area (Å²) < 4.78 is 17.2. The van der Waals surface area contributed by atoms with Crippen LogP contribution in [0.15, 0.2) is 59.5 Å². The number of aromatic nitrogens is 2. The first-order valence-corrected chi connectivity index (χ1v) is 9.54. The Kier molecular flexibility index (Phi) is 7.23. The van der Waals surface area contributed by atoms with Crippen LogP contribution in [-0.2, 0) is 11.8 Å². The molecule has 0 atom stereocenters. The van der Waals surface area contributed by atoms with Gasteiger partial charge in [-0.3, -0.25) is 9.59 Å². The highest BCUT2D eigenvalue weighted by molar-refractivity contribution is 5.95. The topological polar surface area (TPSA) is 104 Å². The van der Waals surface area contributed by atoms with Crippen molar-refractivity contribution in [1.82, 2.24) is 15.1 Å². The summed E-state index contributed by atoms with van der Waals surface area (Å²) in [6.45, 7) is 0.820. The number of benzene rings is 2. The Morgan fingerprint density at radius 3 is 2.55 bits per heavy atom. The zero-order valence-electron chi connectivity index (χ0n) is 17.5. The second-order valence-electron chi connectivity index (χ2n) is 6.54. The van der Waals surface area contributed by atoms with Crippen LogP contribution < -0.4 is 25.7 Å². The molecule has 0 bridgehead atoms. The zero-order chi connectivity index (χ0) is 22.2. The highest BCUT2D eigenvalue weighted by Gasteiger charge is 2.14. The van der Waals surface area contributed by atoms with Crippen LogP contribution in [0, 0.1) is 0 Å². The van der Waals surface area contributed by atoms with Crippen molar-refractivity contribution in [3.05, 3.63) is 70.6 Å². The van der Waals surface area contributed by atoms with Crippen LogP contribution in [0.2, 0.25) is 0 Å². The highest BCUT2D eigenvalue weighted by atomic mass is 16.5. The molecule has 0 unspecified atom stereocenters. The van der Waals surface area contributed by atoms with Crippen LogP contribution in [-0.4, -0.2) is 43.1 Å². The molecular formula is C22H24N4O5. The van der Waals surface area contributed by atoms with Crippen LogP contribution in [0.4, 0.5) is 11.4 Å². The van der Waals surface area contributed by atoms with Crippen molar-refractivity contribution in [3.63, 3.8) is 0 Å². The van der Waals surface area contributed by atoms with Crippen molar-refractivity contribution >= 4 is 17.3 Å². The van der Waals surface area contributed by atoms with E-state index in [4.69, 9.17) is 14.2 Å². The molecule has 0 aliphatic heterocycles. The maximum atomic E-state index is 12.7. The fraction of sp³-hybridized carbons (Fsp3) is 0.227. The van der Waals surface area contributed by atoms with Gasteiger partial charge in [-0.15, -0.1) is 0 Å². The van der Waals surface area contributed by atoms with Crippen LogP contribution in [0.1, 0.15) is 10.4 Å². The van der Waals surface area contributed by atoms with Gasteiger partial charge in [-0.1, -0.05) is 6.07 Å². The minimum atomic E-state index is -0.374. The lowest BCUT2D eigenvalue weighted by atomic mass is 10.2. The van der Waals surface area contributed by atoms with Crippen LogP contribution in [0.5, 0.6) is 17.2 Å². The molecule has 2 N–H and O–H groups in total. The molecule has 0 saturated heterocycles. The number of amides is 1. The fourth-order valence-corrected chi connectivity index (χ4v) is 2.74. The predicted octanol–water partition coefficient (Wildman–Crippen LogP) is 2.70. The molecule has 0 radical (unpaired) electrons. The summed E-state index contributed by atoms with van der Waals surface area (Å²) in [4.78, 5) is 25.0. The Bertz CT molecular complexity index is 1100. The monoisotopic (exact) mass is 424 g/mol. The summed E-state index contributed by atoms with van der Waals surface area (Å²) in [6.07, 6.45) is 1.45. The van der Waals surface area contributed by atoms with Gasteiger partial charge in [0.1, 0.15) is 11.5 Å². The minimum Gasteiger partial charge on any atom is -0.497 e. The highest BCUT2D eigenvalue weighted by Crippen LogP contribution is 2.29. The summed E-state index contributed by atoms with van der Waals surface area (Å²) in [5, 5.41) is 9.86. The zero-order valence-corrected chi connectivity index (χ0v) is 17.5. The van der Waals surface area contributed by atoms with Gasteiger partial charge in [-0.2, -0.15) is 5.10 Å². The maximum absolute atomic E-state index is 12.7. The van der Waals surface area contributed by atoms with Crippen LogP contribution in [0.3, 0.4) is 0 Å². The number of nitrogens with one attached hydrogen (secondary N) is 2. The Hall–Kier alpha value is -3.85. The molecule has 1 heterocycles. The van der Waals surface area contributed by atoms with Gasteiger partial charge in [0.25, 0.3) is 11.5 Å². The van der Waals surface area contributed by atoms with E-state index in [9.17, 15) is 9.59 Å². The molecular weight excluding hydrogens is 400 g/mol. The molecule has 0 fully saturated rings. The van der Waals surface area contributed by atoms with Crippen molar-refractivity contribution in [2.75, 3.05) is 32.7 Å². The average molecular weight is 424 g/mol. The molecule has 1 amide bonds. The number of hydrogen-bond acceptors (Lipinski definition) is 7. The van der Waals surface area contributed by atoms with Crippen molar-refractivity contribution in [2.24, 2.45) is 7.05 Å². The third-order valence-electron chi connectivity index (χ3n) is 4.38. The van der Waals surface area contributed by atoms with Crippen molar-refractivity contribution < 1.29 is 19.0 Å². The normalized spacial score (nSPS) is 10.4. The largest absolute Gasteiger partial charge is 0.497 e. The molecule has 3 aromatic rings. The first-order valence-electron chi connectivity index (χ1n) is 9.54. The van der Waals surface area contributed by atoms with Gasteiger partial charge in [0, 0.05) is 32.0 Å². The van der Waals surface area contributed by atoms with E-state index in [1.165, 1.54) is 10.9 Å². The first kappa shape index (κ1) is 21.8. The lowest BCUT2D eigenvalue weighted by molar-refractivity contribution is 0.0937. The standard InChI is InChI=1S/C22H24N4O5/c1-26-22(28)20(19(14-24-26)31-18-9-7-17(30-3)8-10-18)25-16-6-4-5-15(13-16)21(27)23-11-12-29-2/h4-10,13-14,25H,11-12H2,1-3H3,(H,23,27). The summed E-state index contributed by atoms with van der Waals surface area (Å²) in [6, 6.07) is 13.8. The lowest BCUT2D eigenvalue weighted by Crippen LogP contribution is -2.27. The van der Waals surface area contributed by atoms with E-state index < -0.39 is 0 Å². The van der Waals surface area contributed by atoms with Crippen molar-refractivity contribution in [3.8, 4) is 17.2 Å². The molecule has 0 aliphatic rings. The number of anilines is 2. The Balaban J connectivity index is 1.85. The molecule has 9 heteroatoms. The van der Waals surface area contributed by atoms with Crippen molar-refractivity contribution in [1.29, 1.82) is 0 Å². The van der Waals surface area contributed by atoms with E-state index in [0.717, 1.165) is 0 Å². The molecule has 31 heavy (non-hydrogen) atoms. The maximum Gasteiger partial charge on any atom is 0.294 e. The molecule has 1 aromatic heterocycles. The van der Waals surface area contributed by atoms with Gasteiger partial charge in [0.05, 0.1) is 19.9 Å². The summed E-state index contributed by atoms with van der Waals surface area (Å²) in [7, 11) is 4.69. The van der Waals surface area contributed by atoms with Gasteiger partial charge in [-0.25, -0.2) is 4.68 Å². The molecule has 162 valence electrons. The molecule has 0 aliphatic carbocycles. The Labute approximate surface area is 179 Å². The summed E-state index contributed by atoms with van der Waals surface area (Å²) in [5.41, 5.74) is 0.832. The number of rotatable bonds is 9. The molecule has 0 spiro atoms. The first-order chi connectivity index (χ1) is 15.0. The Morgan fingerprint density at radius 1 is 1.10 bits per heavy atom. The van der Waals surface area contributed by atoms with E-state index in [-0.39, 0.29) is 22.9 Å². The number of methoxy groups -OCH3 is 2. The van der Waals surface area contributed by atoms with E-state index in [0.29, 0.717) is 35.9 Å². The number of ether oxygens (including phenoxy) is 3. The minimum absolute atomic E-state index is 0.199. The molecule has 3 rings (SSSR count). The molecule has 9 nitrogen and oxygen atoms in total. The van der Waals surface area contributed by atoms with Gasteiger partial charge < -0.3 is 24.8 Å². The number of carbonyl (C=O) groups is 1. The quantitative estimate of drug-likeness (QED) is 0.509. The van der Waals surface area contributed by atoms with Crippen molar-refractivity contribution in [2.45, 2.75) is 0 Å². The van der Waals surface area contributed by atoms with Crippen LogP contribution >= 0.6 is 0 Å². The third-order valence-corrected chi connectivity index (χ3v) is 4.38. The summed E-state index contributed by atoms with van der Waals surface area (Å²) in [5.74, 6) is 1.22. The van der Waals surface area contributed by atoms with Gasteiger partial charge in [-0.05, 0) is 42.5 Å². The number of hydrogen-bond donors (Lipinski definition) is 2.